The van der Waals surface area contributed by atoms with Crippen LogP contribution in [0.3, 0.4) is 0 Å². The van der Waals surface area contributed by atoms with Crippen LogP contribution in [0.15, 0.2) is 30.3 Å². The summed E-state index contributed by atoms with van der Waals surface area (Å²) in [5, 5.41) is 21.0. The van der Waals surface area contributed by atoms with E-state index in [2.05, 4.69) is 10.3 Å². The molecule has 1 aromatic carbocycles. The Morgan fingerprint density at radius 1 is 1.30 bits per heavy atom. The largest absolute Gasteiger partial charge is 0.478 e. The first-order valence-electron chi connectivity index (χ1n) is 6.00. The van der Waals surface area contributed by atoms with Gasteiger partial charge >= 0.3 is 5.97 Å². The smallest absolute Gasteiger partial charge is 0.339 e. The molecular weight excluding hydrogens is 254 g/mol. The van der Waals surface area contributed by atoms with E-state index >= 15 is 0 Å². The maximum Gasteiger partial charge on any atom is 0.339 e. The van der Waals surface area contributed by atoms with Crippen molar-refractivity contribution < 1.29 is 9.90 Å². The van der Waals surface area contributed by atoms with Gasteiger partial charge in [-0.3, -0.25) is 0 Å². The fourth-order valence-electron chi connectivity index (χ4n) is 1.96. The average molecular weight is 267 g/mol. The van der Waals surface area contributed by atoms with Gasteiger partial charge in [-0.25, -0.2) is 9.78 Å². The second-order valence-corrected chi connectivity index (χ2v) is 4.42. The van der Waals surface area contributed by atoms with E-state index < -0.39 is 5.97 Å². The number of nitrogens with one attached hydrogen (secondary N) is 1. The minimum atomic E-state index is -1.02. The molecule has 0 fully saturated rings. The molecular formula is C15H13N3O2. The Labute approximate surface area is 116 Å². The van der Waals surface area contributed by atoms with Crippen LogP contribution < -0.4 is 5.32 Å². The molecule has 5 nitrogen and oxygen atoms in total. The van der Waals surface area contributed by atoms with E-state index in [1.807, 2.05) is 13.0 Å². The van der Waals surface area contributed by atoms with E-state index in [1.54, 1.807) is 37.3 Å². The third-order valence-electron chi connectivity index (χ3n) is 2.84. The van der Waals surface area contributed by atoms with Crippen LogP contribution in [-0.2, 0) is 0 Å². The third kappa shape index (κ3) is 2.75. The van der Waals surface area contributed by atoms with Crippen LogP contribution in [0.5, 0.6) is 0 Å². The zero-order valence-electron chi connectivity index (χ0n) is 11.1. The number of nitriles is 1. The van der Waals surface area contributed by atoms with Gasteiger partial charge in [0.2, 0.25) is 0 Å². The van der Waals surface area contributed by atoms with Gasteiger partial charge in [0.15, 0.2) is 0 Å². The first-order chi connectivity index (χ1) is 9.51. The Morgan fingerprint density at radius 2 is 1.95 bits per heavy atom. The fraction of sp³-hybridized carbons (Fsp3) is 0.133. The third-order valence-corrected chi connectivity index (χ3v) is 2.84. The lowest BCUT2D eigenvalue weighted by Crippen LogP contribution is -2.08. The Kier molecular flexibility index (Phi) is 3.67. The normalized spacial score (nSPS) is 9.85. The molecule has 0 aliphatic heterocycles. The summed E-state index contributed by atoms with van der Waals surface area (Å²) in [6.45, 7) is 3.55. The molecule has 0 aliphatic carbocycles. The molecule has 2 rings (SSSR count). The van der Waals surface area contributed by atoms with Crippen LogP contribution in [0, 0.1) is 25.2 Å². The number of aryl methyl sites for hydroxylation is 2. The van der Waals surface area contributed by atoms with Crippen LogP contribution in [0.2, 0.25) is 0 Å². The number of carboxylic acids is 1. The Hall–Kier alpha value is -2.87. The molecule has 0 bridgehead atoms. The van der Waals surface area contributed by atoms with E-state index in [4.69, 9.17) is 5.26 Å². The Balaban J connectivity index is 2.42. The first-order valence-corrected chi connectivity index (χ1v) is 6.00. The van der Waals surface area contributed by atoms with Gasteiger partial charge in [0.25, 0.3) is 0 Å². The molecule has 0 saturated carbocycles. The van der Waals surface area contributed by atoms with Crippen LogP contribution in [0.1, 0.15) is 27.2 Å². The van der Waals surface area contributed by atoms with Crippen molar-refractivity contribution in [1.29, 1.82) is 5.26 Å². The molecule has 0 atom stereocenters. The predicted octanol–water partition coefficient (Wildman–Crippen LogP) is 3.01. The van der Waals surface area contributed by atoms with Crippen molar-refractivity contribution in [3.05, 3.63) is 52.7 Å². The molecule has 1 heterocycles. The summed E-state index contributed by atoms with van der Waals surface area (Å²) in [7, 11) is 0. The lowest BCUT2D eigenvalue weighted by atomic mass is 10.1. The van der Waals surface area contributed by atoms with Gasteiger partial charge in [0.05, 0.1) is 11.6 Å². The van der Waals surface area contributed by atoms with Gasteiger partial charge in [-0.2, -0.15) is 5.26 Å². The second-order valence-electron chi connectivity index (χ2n) is 4.42. The summed E-state index contributed by atoms with van der Waals surface area (Å²) in [5.74, 6) is -0.717. The minimum Gasteiger partial charge on any atom is -0.478 e. The highest BCUT2D eigenvalue weighted by atomic mass is 16.4. The van der Waals surface area contributed by atoms with Crippen LogP contribution in [0.25, 0.3) is 0 Å². The SMILES string of the molecule is Cc1cc(C)c(C(=O)O)c(Nc2ccc(C#N)cc2)n1. The number of hydrogen-bond acceptors (Lipinski definition) is 4. The molecule has 0 spiro atoms. The molecule has 20 heavy (non-hydrogen) atoms. The molecule has 0 aliphatic rings. The molecule has 0 radical (unpaired) electrons. The molecule has 100 valence electrons. The van der Waals surface area contributed by atoms with E-state index in [0.717, 1.165) is 5.69 Å². The standard InChI is InChI=1S/C15H13N3O2/c1-9-7-10(2)17-14(13(9)15(19)20)18-12-5-3-11(8-16)4-6-12/h3-7H,1-2H3,(H,17,18)(H,19,20). The predicted molar refractivity (Wildman–Crippen MR) is 75.1 cm³/mol. The molecule has 2 aromatic rings. The number of pyridine rings is 1. The number of rotatable bonds is 3. The lowest BCUT2D eigenvalue weighted by Gasteiger charge is -2.12. The number of nitrogens with zero attached hydrogens (tertiary/aromatic N) is 2. The summed E-state index contributed by atoms with van der Waals surface area (Å²) in [5.41, 5.74) is 2.77. The van der Waals surface area contributed by atoms with Crippen molar-refractivity contribution in [3.63, 3.8) is 0 Å². The average Bonchev–Trinajstić information content (AvgIpc) is 2.38. The van der Waals surface area contributed by atoms with Crippen LogP contribution >= 0.6 is 0 Å². The van der Waals surface area contributed by atoms with Crippen molar-refractivity contribution in [2.75, 3.05) is 5.32 Å². The number of hydrogen-bond donors (Lipinski definition) is 2. The lowest BCUT2D eigenvalue weighted by molar-refractivity contribution is 0.0697. The molecule has 1 aromatic heterocycles. The van der Waals surface area contributed by atoms with Crippen molar-refractivity contribution >= 4 is 17.5 Å². The highest BCUT2D eigenvalue weighted by molar-refractivity contribution is 5.95. The van der Waals surface area contributed by atoms with E-state index in [-0.39, 0.29) is 5.56 Å². The number of carbonyl (C=O) groups is 1. The van der Waals surface area contributed by atoms with Gasteiger partial charge in [-0.05, 0) is 49.7 Å². The molecule has 0 saturated heterocycles. The molecule has 0 amide bonds. The maximum absolute atomic E-state index is 11.3. The quantitative estimate of drug-likeness (QED) is 0.892. The number of aromatic nitrogens is 1. The summed E-state index contributed by atoms with van der Waals surface area (Å²) in [6, 6.07) is 10.5. The summed E-state index contributed by atoms with van der Waals surface area (Å²) in [4.78, 5) is 15.6. The minimum absolute atomic E-state index is 0.153. The Bertz CT molecular complexity index is 700. The monoisotopic (exact) mass is 267 g/mol. The zero-order chi connectivity index (χ0) is 14.7. The van der Waals surface area contributed by atoms with Gasteiger partial charge in [0.1, 0.15) is 11.4 Å². The van der Waals surface area contributed by atoms with Crippen LogP contribution in [0.4, 0.5) is 11.5 Å². The maximum atomic E-state index is 11.3. The Morgan fingerprint density at radius 3 is 2.50 bits per heavy atom. The highest BCUT2D eigenvalue weighted by Crippen LogP contribution is 2.23. The molecule has 5 heteroatoms. The highest BCUT2D eigenvalue weighted by Gasteiger charge is 2.15. The topological polar surface area (TPSA) is 86.0 Å². The summed E-state index contributed by atoms with van der Waals surface area (Å²) in [6.07, 6.45) is 0. The van der Waals surface area contributed by atoms with Gasteiger partial charge in [-0.15, -0.1) is 0 Å². The fourth-order valence-corrected chi connectivity index (χ4v) is 1.96. The zero-order valence-corrected chi connectivity index (χ0v) is 11.1. The van der Waals surface area contributed by atoms with Gasteiger partial charge in [0, 0.05) is 11.4 Å². The van der Waals surface area contributed by atoms with Gasteiger partial charge in [-0.1, -0.05) is 0 Å². The number of benzene rings is 1. The molecule has 0 unspecified atom stereocenters. The van der Waals surface area contributed by atoms with Crippen molar-refractivity contribution in [2.45, 2.75) is 13.8 Å². The van der Waals surface area contributed by atoms with E-state index in [0.29, 0.717) is 22.6 Å². The summed E-state index contributed by atoms with van der Waals surface area (Å²) < 4.78 is 0. The van der Waals surface area contributed by atoms with Crippen molar-refractivity contribution in [1.82, 2.24) is 4.98 Å². The molecule has 2 N–H and O–H groups in total. The van der Waals surface area contributed by atoms with E-state index in [1.165, 1.54) is 0 Å². The second kappa shape index (κ2) is 5.41. The van der Waals surface area contributed by atoms with Crippen LogP contribution in [-0.4, -0.2) is 16.1 Å². The summed E-state index contributed by atoms with van der Waals surface area (Å²) >= 11 is 0. The number of carboxylic acid groups (broad SMARTS) is 1. The number of aromatic carboxylic acids is 1. The van der Waals surface area contributed by atoms with E-state index in [9.17, 15) is 9.90 Å². The van der Waals surface area contributed by atoms with Gasteiger partial charge < -0.3 is 10.4 Å². The van der Waals surface area contributed by atoms with Crippen molar-refractivity contribution in [3.8, 4) is 6.07 Å². The number of anilines is 2. The first kappa shape index (κ1) is 13.6. The van der Waals surface area contributed by atoms with Crippen molar-refractivity contribution in [2.24, 2.45) is 0 Å².